The summed E-state index contributed by atoms with van der Waals surface area (Å²) in [6.45, 7) is 5.58. The first-order chi connectivity index (χ1) is 9.56. The van der Waals surface area contributed by atoms with Crippen molar-refractivity contribution in [2.45, 2.75) is 32.6 Å². The molecule has 1 fully saturated rings. The molecule has 0 atom stereocenters. The molecular weight excluding hydrogens is 314 g/mol. The monoisotopic (exact) mass is 339 g/mol. The van der Waals surface area contributed by atoms with E-state index < -0.39 is 0 Å². The third-order valence-electron chi connectivity index (χ3n) is 4.16. The second-order valence-electron chi connectivity index (χ2n) is 6.11. The van der Waals surface area contributed by atoms with Crippen molar-refractivity contribution in [3.63, 3.8) is 0 Å². The van der Waals surface area contributed by atoms with Crippen LogP contribution in [-0.2, 0) is 0 Å². The van der Waals surface area contributed by atoms with Crippen LogP contribution in [0.25, 0.3) is 0 Å². The molecule has 20 heavy (non-hydrogen) atoms. The van der Waals surface area contributed by atoms with Crippen molar-refractivity contribution in [2.75, 3.05) is 38.6 Å². The third-order valence-corrected chi connectivity index (χ3v) is 5.00. The van der Waals surface area contributed by atoms with Crippen molar-refractivity contribution in [2.24, 2.45) is 5.92 Å². The summed E-state index contributed by atoms with van der Waals surface area (Å²) in [6, 6.07) is 4.24. The standard InChI is InChI=1S/C16H26BrN3/c1-13-15(17)6-7-16(18-13)20-11-8-14(9-12-20)5-4-10-19(2)3/h6-7,14H,4-5,8-12H2,1-3H3. The van der Waals surface area contributed by atoms with Gasteiger partial charge < -0.3 is 9.80 Å². The summed E-state index contributed by atoms with van der Waals surface area (Å²) >= 11 is 3.52. The highest BCUT2D eigenvalue weighted by atomic mass is 79.9. The molecule has 1 aromatic heterocycles. The first-order valence-corrected chi connectivity index (χ1v) is 8.38. The predicted octanol–water partition coefficient (Wildman–Crippen LogP) is 3.71. The Morgan fingerprint density at radius 2 is 2.00 bits per heavy atom. The first kappa shape index (κ1) is 15.8. The number of hydrogen-bond donors (Lipinski definition) is 0. The number of aromatic nitrogens is 1. The van der Waals surface area contributed by atoms with Crippen molar-refractivity contribution in [1.29, 1.82) is 0 Å². The fourth-order valence-electron chi connectivity index (χ4n) is 2.85. The zero-order chi connectivity index (χ0) is 14.5. The molecule has 2 rings (SSSR count). The molecule has 0 aliphatic carbocycles. The van der Waals surface area contributed by atoms with Gasteiger partial charge in [0, 0.05) is 17.6 Å². The molecule has 0 bridgehead atoms. The average molecular weight is 340 g/mol. The SMILES string of the molecule is Cc1nc(N2CCC(CCCN(C)C)CC2)ccc1Br. The molecule has 2 heterocycles. The minimum atomic E-state index is 0.905. The summed E-state index contributed by atoms with van der Waals surface area (Å²) in [5.74, 6) is 2.04. The largest absolute Gasteiger partial charge is 0.357 e. The molecule has 0 saturated carbocycles. The molecule has 0 amide bonds. The minimum absolute atomic E-state index is 0.905. The van der Waals surface area contributed by atoms with Crippen LogP contribution in [0.4, 0.5) is 5.82 Å². The van der Waals surface area contributed by atoms with Gasteiger partial charge in [-0.1, -0.05) is 0 Å². The number of halogens is 1. The first-order valence-electron chi connectivity index (χ1n) is 7.59. The van der Waals surface area contributed by atoms with Gasteiger partial charge in [0.1, 0.15) is 5.82 Å². The van der Waals surface area contributed by atoms with E-state index in [4.69, 9.17) is 0 Å². The molecule has 1 aliphatic rings. The maximum absolute atomic E-state index is 4.68. The van der Waals surface area contributed by atoms with Crippen LogP contribution < -0.4 is 4.90 Å². The van der Waals surface area contributed by atoms with Crippen LogP contribution in [0.5, 0.6) is 0 Å². The van der Waals surface area contributed by atoms with Crippen LogP contribution in [0.3, 0.4) is 0 Å². The number of anilines is 1. The number of pyridine rings is 1. The molecule has 112 valence electrons. The van der Waals surface area contributed by atoms with Gasteiger partial charge in [0.25, 0.3) is 0 Å². The normalized spacial score (nSPS) is 16.9. The van der Waals surface area contributed by atoms with Gasteiger partial charge in [-0.25, -0.2) is 4.98 Å². The predicted molar refractivity (Wildman–Crippen MR) is 89.4 cm³/mol. The van der Waals surface area contributed by atoms with E-state index in [-0.39, 0.29) is 0 Å². The lowest BCUT2D eigenvalue weighted by atomic mass is 9.92. The fourth-order valence-corrected chi connectivity index (χ4v) is 3.07. The summed E-state index contributed by atoms with van der Waals surface area (Å²) in [5, 5.41) is 0. The van der Waals surface area contributed by atoms with E-state index in [0.29, 0.717) is 0 Å². The van der Waals surface area contributed by atoms with Crippen molar-refractivity contribution >= 4 is 21.7 Å². The Morgan fingerprint density at radius 3 is 2.60 bits per heavy atom. The number of hydrogen-bond acceptors (Lipinski definition) is 3. The Kier molecular flexibility index (Phi) is 5.85. The van der Waals surface area contributed by atoms with Crippen LogP contribution in [0.1, 0.15) is 31.4 Å². The van der Waals surface area contributed by atoms with Gasteiger partial charge in [-0.3, -0.25) is 0 Å². The number of piperidine rings is 1. The molecular formula is C16H26BrN3. The zero-order valence-electron chi connectivity index (χ0n) is 12.9. The van der Waals surface area contributed by atoms with Gasteiger partial charge >= 0.3 is 0 Å². The third kappa shape index (κ3) is 4.45. The molecule has 4 heteroatoms. The van der Waals surface area contributed by atoms with E-state index in [2.05, 4.69) is 63.9 Å². The quantitative estimate of drug-likeness (QED) is 0.815. The molecule has 0 radical (unpaired) electrons. The van der Waals surface area contributed by atoms with Crippen molar-refractivity contribution in [3.05, 3.63) is 22.3 Å². The smallest absolute Gasteiger partial charge is 0.128 e. The van der Waals surface area contributed by atoms with E-state index in [1.54, 1.807) is 0 Å². The average Bonchev–Trinajstić information content (AvgIpc) is 2.42. The molecule has 0 N–H and O–H groups in total. The summed E-state index contributed by atoms with van der Waals surface area (Å²) in [5.41, 5.74) is 1.08. The van der Waals surface area contributed by atoms with Gasteiger partial charge in [-0.15, -0.1) is 0 Å². The Labute approximate surface area is 131 Å². The van der Waals surface area contributed by atoms with Gasteiger partial charge in [-0.05, 0) is 87.2 Å². The van der Waals surface area contributed by atoms with Gasteiger partial charge in [0.2, 0.25) is 0 Å². The van der Waals surface area contributed by atoms with Crippen LogP contribution >= 0.6 is 15.9 Å². The Hall–Kier alpha value is -0.610. The lowest BCUT2D eigenvalue weighted by Crippen LogP contribution is -2.34. The van der Waals surface area contributed by atoms with E-state index >= 15 is 0 Å². The molecule has 0 aromatic carbocycles. The maximum Gasteiger partial charge on any atom is 0.128 e. The van der Waals surface area contributed by atoms with E-state index in [0.717, 1.165) is 35.0 Å². The Balaban J connectivity index is 1.80. The molecule has 1 saturated heterocycles. The van der Waals surface area contributed by atoms with Crippen molar-refractivity contribution in [3.8, 4) is 0 Å². The van der Waals surface area contributed by atoms with E-state index in [9.17, 15) is 0 Å². The van der Waals surface area contributed by atoms with E-state index in [1.807, 2.05) is 0 Å². The maximum atomic E-state index is 4.68. The van der Waals surface area contributed by atoms with Gasteiger partial charge in [0.15, 0.2) is 0 Å². The molecule has 1 aromatic rings. The van der Waals surface area contributed by atoms with Crippen LogP contribution in [-0.4, -0.2) is 43.6 Å². The molecule has 0 unspecified atom stereocenters. The van der Waals surface area contributed by atoms with Crippen LogP contribution in [0.2, 0.25) is 0 Å². The molecule has 1 aliphatic heterocycles. The molecule has 0 spiro atoms. The Morgan fingerprint density at radius 1 is 1.30 bits per heavy atom. The fraction of sp³-hybridized carbons (Fsp3) is 0.688. The van der Waals surface area contributed by atoms with E-state index in [1.165, 1.54) is 32.2 Å². The summed E-state index contributed by atoms with van der Waals surface area (Å²) in [6.07, 6.45) is 5.32. The Bertz CT molecular complexity index is 426. The lowest BCUT2D eigenvalue weighted by molar-refractivity contribution is 0.331. The van der Waals surface area contributed by atoms with Crippen LogP contribution in [0, 0.1) is 12.8 Å². The van der Waals surface area contributed by atoms with Crippen molar-refractivity contribution in [1.82, 2.24) is 9.88 Å². The zero-order valence-corrected chi connectivity index (χ0v) is 14.5. The highest BCUT2D eigenvalue weighted by Gasteiger charge is 2.20. The highest BCUT2D eigenvalue weighted by Crippen LogP contribution is 2.26. The summed E-state index contributed by atoms with van der Waals surface area (Å²) in [4.78, 5) is 9.39. The minimum Gasteiger partial charge on any atom is -0.357 e. The second-order valence-corrected chi connectivity index (χ2v) is 6.97. The highest BCUT2D eigenvalue weighted by molar-refractivity contribution is 9.10. The van der Waals surface area contributed by atoms with Gasteiger partial charge in [-0.2, -0.15) is 0 Å². The summed E-state index contributed by atoms with van der Waals surface area (Å²) < 4.78 is 1.10. The van der Waals surface area contributed by atoms with Crippen molar-refractivity contribution < 1.29 is 0 Å². The topological polar surface area (TPSA) is 19.4 Å². The second kappa shape index (κ2) is 7.41. The number of rotatable bonds is 5. The summed E-state index contributed by atoms with van der Waals surface area (Å²) in [7, 11) is 4.31. The van der Waals surface area contributed by atoms with Gasteiger partial charge in [0.05, 0.1) is 5.69 Å². The number of aryl methyl sites for hydroxylation is 1. The number of nitrogens with zero attached hydrogens (tertiary/aromatic N) is 3. The lowest BCUT2D eigenvalue weighted by Gasteiger charge is -2.33. The molecule has 3 nitrogen and oxygen atoms in total. The van der Waals surface area contributed by atoms with Crippen LogP contribution in [0.15, 0.2) is 16.6 Å².